The fraction of sp³-hybridized carbons (Fsp3) is 0.789. The molecule has 2 fully saturated rings. The third-order valence-corrected chi connectivity index (χ3v) is 6.50. The molecule has 0 aromatic carbocycles. The monoisotopic (exact) mass is 399 g/mol. The van der Waals surface area contributed by atoms with Crippen LogP contribution in [0.1, 0.15) is 56.2 Å². The highest BCUT2D eigenvalue weighted by Crippen LogP contribution is 2.37. The first-order chi connectivity index (χ1) is 13.2. The number of carbonyl (C=O) groups is 1. The highest BCUT2D eigenvalue weighted by Gasteiger charge is 2.43. The number of rotatable bonds is 2. The topological polar surface area (TPSA) is 62.2 Å². The van der Waals surface area contributed by atoms with Crippen molar-refractivity contribution in [2.45, 2.75) is 64.3 Å². The van der Waals surface area contributed by atoms with Gasteiger partial charge in [-0.05, 0) is 31.2 Å². The molecule has 4 heterocycles. The van der Waals surface area contributed by atoms with E-state index in [2.05, 4.69) is 29.5 Å². The molecule has 3 aliphatic heterocycles. The van der Waals surface area contributed by atoms with Crippen LogP contribution in [0.25, 0.3) is 0 Å². The maximum atomic E-state index is 13.4. The average molecular weight is 399 g/mol. The van der Waals surface area contributed by atoms with Crippen molar-refractivity contribution in [2.75, 3.05) is 26.2 Å². The van der Waals surface area contributed by atoms with E-state index in [0.717, 1.165) is 13.0 Å². The van der Waals surface area contributed by atoms with Crippen LogP contribution in [0.5, 0.6) is 0 Å². The third-order valence-electron chi connectivity index (χ3n) is 6.50. The minimum Gasteiger partial charge on any atom is -0.341 e. The van der Waals surface area contributed by atoms with E-state index in [9.17, 15) is 18.0 Å². The molecule has 1 aromatic rings. The summed E-state index contributed by atoms with van der Waals surface area (Å²) in [6.07, 6.45) is -2.17. The van der Waals surface area contributed by atoms with Crippen molar-refractivity contribution >= 4 is 5.91 Å². The Balaban J connectivity index is 1.49. The Kier molecular flexibility index (Phi) is 4.94. The molecule has 2 N–H and O–H groups in total. The van der Waals surface area contributed by atoms with E-state index >= 15 is 0 Å². The SMILES string of the molecule is CC1(C)CCNC1C(=O)N1CCC(c2nc(C(F)(F)F)n3c2CNCC3)CC1. The molecule has 1 atom stereocenters. The number of carbonyl (C=O) groups excluding carboxylic acids is 1. The van der Waals surface area contributed by atoms with Gasteiger partial charge < -0.3 is 20.1 Å². The van der Waals surface area contributed by atoms with Crippen molar-refractivity contribution in [3.05, 3.63) is 17.2 Å². The number of halogens is 3. The Morgan fingerprint density at radius 3 is 2.50 bits per heavy atom. The largest absolute Gasteiger partial charge is 0.449 e. The molecule has 9 heteroatoms. The molecule has 0 saturated carbocycles. The summed E-state index contributed by atoms with van der Waals surface area (Å²) in [5, 5.41) is 6.46. The van der Waals surface area contributed by atoms with E-state index < -0.39 is 12.0 Å². The van der Waals surface area contributed by atoms with Crippen LogP contribution in [0.3, 0.4) is 0 Å². The highest BCUT2D eigenvalue weighted by atomic mass is 19.4. The predicted octanol–water partition coefficient (Wildman–Crippen LogP) is 2.10. The van der Waals surface area contributed by atoms with Crippen molar-refractivity contribution in [1.82, 2.24) is 25.1 Å². The summed E-state index contributed by atoms with van der Waals surface area (Å²) < 4.78 is 41.5. The quantitative estimate of drug-likeness (QED) is 0.800. The summed E-state index contributed by atoms with van der Waals surface area (Å²) in [7, 11) is 0. The van der Waals surface area contributed by atoms with Crippen LogP contribution in [-0.2, 0) is 24.1 Å². The van der Waals surface area contributed by atoms with Gasteiger partial charge in [0.05, 0.1) is 17.4 Å². The molecule has 2 saturated heterocycles. The molecule has 0 bridgehead atoms. The molecular weight excluding hydrogens is 371 g/mol. The van der Waals surface area contributed by atoms with Gasteiger partial charge in [0, 0.05) is 38.6 Å². The zero-order chi connectivity index (χ0) is 20.1. The normalized spacial score (nSPS) is 25.8. The van der Waals surface area contributed by atoms with Gasteiger partial charge in [0.15, 0.2) is 0 Å². The van der Waals surface area contributed by atoms with Gasteiger partial charge in [-0.25, -0.2) is 4.98 Å². The van der Waals surface area contributed by atoms with Crippen LogP contribution in [0.4, 0.5) is 13.2 Å². The number of nitrogens with zero attached hydrogens (tertiary/aromatic N) is 3. The molecule has 0 aliphatic carbocycles. The summed E-state index contributed by atoms with van der Waals surface area (Å²) in [6.45, 7) is 7.40. The molecule has 3 aliphatic rings. The lowest BCUT2D eigenvalue weighted by atomic mass is 9.83. The maximum absolute atomic E-state index is 13.4. The number of alkyl halides is 3. The minimum absolute atomic E-state index is 0.0363. The molecule has 1 aromatic heterocycles. The number of nitrogens with one attached hydrogen (secondary N) is 2. The average Bonchev–Trinajstić information content (AvgIpc) is 3.21. The summed E-state index contributed by atoms with van der Waals surface area (Å²) >= 11 is 0. The first-order valence-electron chi connectivity index (χ1n) is 10.1. The van der Waals surface area contributed by atoms with E-state index in [1.165, 1.54) is 4.57 Å². The van der Waals surface area contributed by atoms with Crippen LogP contribution in [0, 0.1) is 5.41 Å². The van der Waals surface area contributed by atoms with Gasteiger partial charge in [-0.15, -0.1) is 0 Å². The number of fused-ring (bicyclic) bond motifs is 1. The lowest BCUT2D eigenvalue weighted by Gasteiger charge is -2.36. The number of hydrogen-bond donors (Lipinski definition) is 2. The van der Waals surface area contributed by atoms with Crippen LogP contribution >= 0.6 is 0 Å². The van der Waals surface area contributed by atoms with Crippen LogP contribution in [0.15, 0.2) is 0 Å². The summed E-state index contributed by atoms with van der Waals surface area (Å²) in [5.41, 5.74) is 1.15. The van der Waals surface area contributed by atoms with Gasteiger partial charge in [-0.2, -0.15) is 13.2 Å². The Morgan fingerprint density at radius 1 is 1.18 bits per heavy atom. The molecule has 4 rings (SSSR count). The zero-order valence-corrected chi connectivity index (χ0v) is 16.4. The van der Waals surface area contributed by atoms with Crippen LogP contribution in [0.2, 0.25) is 0 Å². The first kappa shape index (κ1) is 19.7. The second kappa shape index (κ2) is 7.02. The van der Waals surface area contributed by atoms with Crippen molar-refractivity contribution in [3.8, 4) is 0 Å². The molecule has 6 nitrogen and oxygen atoms in total. The van der Waals surface area contributed by atoms with Gasteiger partial charge in [0.1, 0.15) is 0 Å². The smallest absolute Gasteiger partial charge is 0.341 e. The fourth-order valence-electron chi connectivity index (χ4n) is 4.81. The first-order valence-corrected chi connectivity index (χ1v) is 10.1. The van der Waals surface area contributed by atoms with E-state index in [0.29, 0.717) is 50.4 Å². The molecule has 1 amide bonds. The van der Waals surface area contributed by atoms with Crippen molar-refractivity contribution in [3.63, 3.8) is 0 Å². The standard InChI is InChI=1S/C19H28F3N5O/c1-18(2)5-6-24-15(18)16(28)26-8-3-12(4-9-26)14-13-11-23-7-10-27(13)17(25-14)19(20,21)22/h12,15,23-24H,3-11H2,1-2H3. The number of likely N-dealkylation sites (tertiary alicyclic amines) is 1. The minimum atomic E-state index is -4.44. The Morgan fingerprint density at radius 2 is 1.89 bits per heavy atom. The van der Waals surface area contributed by atoms with Crippen LogP contribution in [-0.4, -0.2) is 52.6 Å². The number of piperidine rings is 1. The number of aromatic nitrogens is 2. The molecule has 0 spiro atoms. The third kappa shape index (κ3) is 3.43. The molecular formula is C19H28F3N5O. The second-order valence-electron chi connectivity index (χ2n) is 8.82. The molecule has 0 radical (unpaired) electrons. The van der Waals surface area contributed by atoms with Gasteiger partial charge >= 0.3 is 6.18 Å². The number of hydrogen-bond acceptors (Lipinski definition) is 4. The van der Waals surface area contributed by atoms with Gasteiger partial charge in [-0.3, -0.25) is 4.79 Å². The van der Waals surface area contributed by atoms with E-state index in [1.807, 2.05) is 4.90 Å². The molecule has 156 valence electrons. The van der Waals surface area contributed by atoms with E-state index in [4.69, 9.17) is 0 Å². The Hall–Kier alpha value is -1.61. The van der Waals surface area contributed by atoms with Crippen LogP contribution < -0.4 is 10.6 Å². The van der Waals surface area contributed by atoms with Gasteiger partial charge in [-0.1, -0.05) is 13.8 Å². The Labute approximate surface area is 162 Å². The summed E-state index contributed by atoms with van der Waals surface area (Å²) in [5.74, 6) is -0.703. The van der Waals surface area contributed by atoms with Crippen molar-refractivity contribution in [2.24, 2.45) is 5.41 Å². The van der Waals surface area contributed by atoms with Gasteiger partial charge in [0.25, 0.3) is 0 Å². The second-order valence-corrected chi connectivity index (χ2v) is 8.82. The van der Waals surface area contributed by atoms with Crippen molar-refractivity contribution in [1.29, 1.82) is 0 Å². The summed E-state index contributed by atoms with van der Waals surface area (Å²) in [6, 6.07) is -0.176. The Bertz CT molecular complexity index is 749. The molecule has 1 unspecified atom stereocenters. The number of imidazole rings is 1. The highest BCUT2D eigenvalue weighted by molar-refractivity contribution is 5.83. The lowest BCUT2D eigenvalue weighted by Crippen LogP contribution is -2.51. The van der Waals surface area contributed by atoms with E-state index in [1.54, 1.807) is 0 Å². The van der Waals surface area contributed by atoms with Gasteiger partial charge in [0.2, 0.25) is 11.7 Å². The summed E-state index contributed by atoms with van der Waals surface area (Å²) in [4.78, 5) is 18.8. The van der Waals surface area contributed by atoms with Crippen molar-refractivity contribution < 1.29 is 18.0 Å². The maximum Gasteiger partial charge on any atom is 0.449 e. The molecule has 28 heavy (non-hydrogen) atoms. The van der Waals surface area contributed by atoms with E-state index in [-0.39, 0.29) is 29.8 Å². The lowest BCUT2D eigenvalue weighted by molar-refractivity contribution is -0.147. The zero-order valence-electron chi connectivity index (χ0n) is 16.4. The predicted molar refractivity (Wildman–Crippen MR) is 97.7 cm³/mol. The number of amides is 1. The fourth-order valence-corrected chi connectivity index (χ4v) is 4.81.